The van der Waals surface area contributed by atoms with Gasteiger partial charge >= 0.3 is 0 Å². The van der Waals surface area contributed by atoms with Gasteiger partial charge in [-0.3, -0.25) is 0 Å². The first-order valence-electron chi connectivity index (χ1n) is 5.23. The minimum absolute atomic E-state index is 0.497. The summed E-state index contributed by atoms with van der Waals surface area (Å²) >= 11 is 0. The van der Waals surface area contributed by atoms with Crippen LogP contribution >= 0.6 is 0 Å². The molecule has 1 aromatic carbocycles. The molecule has 0 aliphatic heterocycles. The van der Waals surface area contributed by atoms with E-state index in [2.05, 4.69) is 30.4 Å². The maximum atomic E-state index is 8.76. The molecule has 2 rings (SSSR count). The summed E-state index contributed by atoms with van der Waals surface area (Å²) in [6, 6.07) is 10.4. The normalized spacial score (nSPS) is 14.5. The molecule has 1 aromatic rings. The zero-order chi connectivity index (χ0) is 10.5. The maximum absolute atomic E-state index is 8.76. The molecule has 0 aromatic heterocycles. The summed E-state index contributed by atoms with van der Waals surface area (Å²) in [5, 5.41) is 8.76. The van der Waals surface area contributed by atoms with Crippen LogP contribution in [0.25, 0.3) is 5.57 Å². The molecule has 0 saturated heterocycles. The van der Waals surface area contributed by atoms with Gasteiger partial charge in [0.1, 0.15) is 0 Å². The van der Waals surface area contributed by atoms with Gasteiger partial charge in [0.25, 0.3) is 0 Å². The Bertz CT molecular complexity index is 447. The van der Waals surface area contributed by atoms with Crippen molar-refractivity contribution in [2.45, 2.75) is 19.3 Å². The number of nitrogens with zero attached hydrogens (tertiary/aromatic N) is 1. The third kappa shape index (κ3) is 2.16. The van der Waals surface area contributed by atoms with Crippen LogP contribution in [-0.2, 0) is 6.42 Å². The zero-order valence-corrected chi connectivity index (χ0v) is 8.61. The molecule has 0 atom stereocenters. The fourth-order valence-corrected chi connectivity index (χ4v) is 1.90. The summed E-state index contributed by atoms with van der Waals surface area (Å²) in [5.41, 5.74) is 3.73. The second kappa shape index (κ2) is 4.61. The topological polar surface area (TPSA) is 23.8 Å². The van der Waals surface area contributed by atoms with Crippen LogP contribution in [0.3, 0.4) is 0 Å². The molecule has 0 radical (unpaired) electrons. The van der Waals surface area contributed by atoms with Crippen molar-refractivity contribution in [1.82, 2.24) is 0 Å². The Balaban J connectivity index is 2.39. The molecule has 0 N–H and O–H groups in total. The fraction of sp³-hybridized carbons (Fsp3) is 0.214. The Hall–Kier alpha value is -1.81. The van der Waals surface area contributed by atoms with Gasteiger partial charge in [-0.05, 0) is 29.5 Å². The molecular formula is C14H13N. The third-order valence-corrected chi connectivity index (χ3v) is 2.65. The first kappa shape index (κ1) is 9.73. The van der Waals surface area contributed by atoms with Crippen LogP contribution in [0.4, 0.5) is 0 Å². The Morgan fingerprint density at radius 3 is 2.87 bits per heavy atom. The number of benzene rings is 1. The van der Waals surface area contributed by atoms with E-state index in [4.69, 9.17) is 5.26 Å². The van der Waals surface area contributed by atoms with Crippen molar-refractivity contribution < 1.29 is 0 Å². The highest BCUT2D eigenvalue weighted by atomic mass is 14.2. The highest BCUT2D eigenvalue weighted by molar-refractivity contribution is 5.70. The van der Waals surface area contributed by atoms with E-state index in [1.807, 2.05) is 18.2 Å². The van der Waals surface area contributed by atoms with Crippen LogP contribution in [0, 0.1) is 11.3 Å². The summed E-state index contributed by atoms with van der Waals surface area (Å²) in [4.78, 5) is 0. The molecule has 0 saturated carbocycles. The summed E-state index contributed by atoms with van der Waals surface area (Å²) in [6.45, 7) is 0. The van der Waals surface area contributed by atoms with Gasteiger partial charge in [0, 0.05) is 0 Å². The second-order valence-electron chi connectivity index (χ2n) is 3.65. The molecule has 0 fully saturated rings. The SMILES string of the molecule is N#CCc1ccccc1C1=CC=CCC1. The molecule has 74 valence electrons. The Labute approximate surface area is 90.4 Å². The molecule has 1 aliphatic rings. The van der Waals surface area contributed by atoms with Gasteiger partial charge in [-0.1, -0.05) is 42.5 Å². The van der Waals surface area contributed by atoms with Crippen LogP contribution in [0.15, 0.2) is 42.5 Å². The quantitative estimate of drug-likeness (QED) is 0.708. The van der Waals surface area contributed by atoms with Crippen molar-refractivity contribution >= 4 is 5.57 Å². The highest BCUT2D eigenvalue weighted by Gasteiger charge is 2.07. The lowest BCUT2D eigenvalue weighted by Gasteiger charge is -2.12. The van der Waals surface area contributed by atoms with Crippen LogP contribution in [0.5, 0.6) is 0 Å². The smallest absolute Gasteiger partial charge is 0.0669 e. The Morgan fingerprint density at radius 2 is 2.13 bits per heavy atom. The number of rotatable bonds is 2. The number of nitriles is 1. The molecule has 1 aliphatic carbocycles. The van der Waals surface area contributed by atoms with Gasteiger partial charge in [-0.2, -0.15) is 5.26 Å². The number of hydrogen-bond acceptors (Lipinski definition) is 1. The van der Waals surface area contributed by atoms with Crippen LogP contribution < -0.4 is 0 Å². The van der Waals surface area contributed by atoms with E-state index in [9.17, 15) is 0 Å². The van der Waals surface area contributed by atoms with Gasteiger partial charge in [0.15, 0.2) is 0 Å². The van der Waals surface area contributed by atoms with E-state index in [1.165, 1.54) is 11.1 Å². The Kier molecular flexibility index (Phi) is 2.99. The molecule has 0 spiro atoms. The molecule has 0 heterocycles. The van der Waals surface area contributed by atoms with E-state index < -0.39 is 0 Å². The van der Waals surface area contributed by atoms with Crippen LogP contribution in [0.2, 0.25) is 0 Å². The second-order valence-corrected chi connectivity index (χ2v) is 3.65. The molecule has 1 nitrogen and oxygen atoms in total. The van der Waals surface area contributed by atoms with Crippen molar-refractivity contribution in [2.24, 2.45) is 0 Å². The number of hydrogen-bond donors (Lipinski definition) is 0. The van der Waals surface area contributed by atoms with E-state index >= 15 is 0 Å². The van der Waals surface area contributed by atoms with Crippen molar-refractivity contribution in [2.75, 3.05) is 0 Å². The molecule has 0 amide bonds. The van der Waals surface area contributed by atoms with Crippen molar-refractivity contribution in [3.8, 4) is 6.07 Å². The largest absolute Gasteiger partial charge is 0.198 e. The van der Waals surface area contributed by atoms with Crippen molar-refractivity contribution in [1.29, 1.82) is 5.26 Å². The third-order valence-electron chi connectivity index (χ3n) is 2.65. The molecule has 1 heteroatoms. The van der Waals surface area contributed by atoms with E-state index in [1.54, 1.807) is 0 Å². The minimum Gasteiger partial charge on any atom is -0.198 e. The van der Waals surface area contributed by atoms with Gasteiger partial charge in [0.2, 0.25) is 0 Å². The predicted octanol–water partition coefficient (Wildman–Crippen LogP) is 3.49. The zero-order valence-electron chi connectivity index (χ0n) is 8.61. The standard InChI is InChI=1S/C14H13N/c15-11-10-13-8-4-5-9-14(13)12-6-2-1-3-7-12/h1-2,4-6,8-9H,3,7,10H2. The lowest BCUT2D eigenvalue weighted by Crippen LogP contribution is -1.94. The average molecular weight is 195 g/mol. The lowest BCUT2D eigenvalue weighted by molar-refractivity contribution is 1.05. The maximum Gasteiger partial charge on any atom is 0.0669 e. The summed E-state index contributed by atoms with van der Waals surface area (Å²) in [7, 11) is 0. The minimum atomic E-state index is 0.497. The van der Waals surface area contributed by atoms with E-state index in [0.29, 0.717) is 6.42 Å². The number of allylic oxidation sites excluding steroid dienone is 4. The first-order valence-corrected chi connectivity index (χ1v) is 5.23. The van der Waals surface area contributed by atoms with Gasteiger partial charge < -0.3 is 0 Å². The van der Waals surface area contributed by atoms with Gasteiger partial charge in [-0.25, -0.2) is 0 Å². The Morgan fingerprint density at radius 1 is 1.27 bits per heavy atom. The monoisotopic (exact) mass is 195 g/mol. The molecule has 0 unspecified atom stereocenters. The summed E-state index contributed by atoms with van der Waals surface area (Å²) in [6.07, 6.45) is 9.11. The lowest BCUT2D eigenvalue weighted by atomic mass is 9.92. The highest BCUT2D eigenvalue weighted by Crippen LogP contribution is 2.26. The molecular weight excluding hydrogens is 182 g/mol. The summed E-state index contributed by atoms with van der Waals surface area (Å²) in [5.74, 6) is 0. The molecule has 15 heavy (non-hydrogen) atoms. The van der Waals surface area contributed by atoms with Crippen LogP contribution in [0.1, 0.15) is 24.0 Å². The molecule has 0 bridgehead atoms. The fourth-order valence-electron chi connectivity index (χ4n) is 1.90. The van der Waals surface area contributed by atoms with Crippen LogP contribution in [-0.4, -0.2) is 0 Å². The van der Waals surface area contributed by atoms with Gasteiger partial charge in [0.05, 0.1) is 12.5 Å². The van der Waals surface area contributed by atoms with Crippen molar-refractivity contribution in [3.63, 3.8) is 0 Å². The first-order chi connectivity index (χ1) is 7.42. The predicted molar refractivity (Wildman–Crippen MR) is 62.1 cm³/mol. The summed E-state index contributed by atoms with van der Waals surface area (Å²) < 4.78 is 0. The average Bonchev–Trinajstić information content (AvgIpc) is 2.31. The van der Waals surface area contributed by atoms with Gasteiger partial charge in [-0.15, -0.1) is 0 Å². The van der Waals surface area contributed by atoms with E-state index in [-0.39, 0.29) is 0 Å². The van der Waals surface area contributed by atoms with E-state index in [0.717, 1.165) is 18.4 Å². The van der Waals surface area contributed by atoms with Crippen molar-refractivity contribution in [3.05, 3.63) is 53.6 Å².